The van der Waals surface area contributed by atoms with Crippen LogP contribution in [0, 0.1) is 6.92 Å². The van der Waals surface area contributed by atoms with Crippen molar-refractivity contribution >= 4 is 22.5 Å². The van der Waals surface area contributed by atoms with E-state index >= 15 is 0 Å². The SMILES string of the molecule is COCCOc1cc2nc(C)nc(NC(C)c3cc(C(F)(F)F)cc(N)n3)c2cc1OCCOC. The number of halogens is 3. The van der Waals surface area contributed by atoms with Gasteiger partial charge in [0.1, 0.15) is 30.7 Å². The van der Waals surface area contributed by atoms with Crippen LogP contribution in [0.3, 0.4) is 0 Å². The minimum absolute atomic E-state index is 0.123. The van der Waals surface area contributed by atoms with Crippen molar-refractivity contribution in [2.75, 3.05) is 51.7 Å². The molecule has 3 N–H and O–H groups in total. The predicted octanol–water partition coefficient (Wildman–Crippen LogP) is 4.16. The van der Waals surface area contributed by atoms with E-state index in [2.05, 4.69) is 20.3 Å². The maximum Gasteiger partial charge on any atom is 0.416 e. The Bertz CT molecular complexity index is 1160. The molecule has 0 saturated heterocycles. The third kappa shape index (κ3) is 6.83. The molecule has 190 valence electrons. The van der Waals surface area contributed by atoms with E-state index in [1.54, 1.807) is 40.2 Å². The normalized spacial score (nSPS) is 12.5. The first-order valence-corrected chi connectivity index (χ1v) is 10.8. The summed E-state index contributed by atoms with van der Waals surface area (Å²) in [6.45, 7) is 4.72. The molecule has 0 spiro atoms. The van der Waals surface area contributed by atoms with Crippen molar-refractivity contribution in [1.82, 2.24) is 15.0 Å². The Kier molecular flexibility index (Phi) is 8.52. The number of nitrogens with two attached hydrogens (primary N) is 1. The zero-order valence-corrected chi connectivity index (χ0v) is 19.9. The highest BCUT2D eigenvalue weighted by Crippen LogP contribution is 2.36. The van der Waals surface area contributed by atoms with Crippen molar-refractivity contribution in [1.29, 1.82) is 0 Å². The summed E-state index contributed by atoms with van der Waals surface area (Å²) in [5.74, 6) is 1.54. The number of nitrogens with zero attached hydrogens (tertiary/aromatic N) is 3. The van der Waals surface area contributed by atoms with Crippen LogP contribution in [0.2, 0.25) is 0 Å². The first-order valence-electron chi connectivity index (χ1n) is 10.8. The average Bonchev–Trinajstić information content (AvgIpc) is 2.78. The molecule has 0 saturated carbocycles. The lowest BCUT2D eigenvalue weighted by Gasteiger charge is -2.19. The van der Waals surface area contributed by atoms with Crippen molar-refractivity contribution in [3.8, 4) is 11.5 Å². The monoisotopic (exact) mass is 495 g/mol. The summed E-state index contributed by atoms with van der Waals surface area (Å²) in [6.07, 6.45) is -4.54. The topological polar surface area (TPSA) is 114 Å². The fourth-order valence-electron chi connectivity index (χ4n) is 3.30. The molecule has 35 heavy (non-hydrogen) atoms. The fraction of sp³-hybridized carbons (Fsp3) is 0.435. The van der Waals surface area contributed by atoms with Crippen LogP contribution in [0.1, 0.15) is 30.0 Å². The maximum atomic E-state index is 13.3. The van der Waals surface area contributed by atoms with Gasteiger partial charge in [0.2, 0.25) is 0 Å². The Morgan fingerprint density at radius 1 is 0.914 bits per heavy atom. The van der Waals surface area contributed by atoms with E-state index in [1.807, 2.05) is 0 Å². The molecule has 12 heteroatoms. The van der Waals surface area contributed by atoms with Gasteiger partial charge in [-0.2, -0.15) is 13.2 Å². The molecule has 0 radical (unpaired) electrons. The second-order valence-electron chi connectivity index (χ2n) is 7.69. The number of ether oxygens (including phenoxy) is 4. The summed E-state index contributed by atoms with van der Waals surface area (Å²) >= 11 is 0. The molecule has 0 amide bonds. The van der Waals surface area contributed by atoms with E-state index in [9.17, 15) is 13.2 Å². The lowest BCUT2D eigenvalue weighted by Crippen LogP contribution is -2.15. The van der Waals surface area contributed by atoms with Gasteiger partial charge in [0.15, 0.2) is 11.5 Å². The molecule has 1 unspecified atom stereocenters. The number of aromatic nitrogens is 3. The van der Waals surface area contributed by atoms with E-state index in [0.717, 1.165) is 12.1 Å². The van der Waals surface area contributed by atoms with Crippen LogP contribution in [-0.2, 0) is 15.7 Å². The number of rotatable bonds is 11. The minimum atomic E-state index is -4.54. The zero-order chi connectivity index (χ0) is 25.6. The van der Waals surface area contributed by atoms with Crippen LogP contribution in [0.15, 0.2) is 24.3 Å². The van der Waals surface area contributed by atoms with Crippen LogP contribution in [0.25, 0.3) is 10.9 Å². The van der Waals surface area contributed by atoms with E-state index < -0.39 is 17.8 Å². The Labute approximate surface area is 200 Å². The number of alkyl halides is 3. The highest BCUT2D eigenvalue weighted by Gasteiger charge is 2.32. The van der Waals surface area contributed by atoms with Gasteiger partial charge in [0.05, 0.1) is 36.0 Å². The average molecular weight is 496 g/mol. The molecule has 2 aromatic heterocycles. The van der Waals surface area contributed by atoms with Crippen molar-refractivity contribution in [3.63, 3.8) is 0 Å². The third-order valence-corrected chi connectivity index (χ3v) is 4.95. The van der Waals surface area contributed by atoms with Gasteiger partial charge in [-0.1, -0.05) is 0 Å². The van der Waals surface area contributed by atoms with Gasteiger partial charge < -0.3 is 30.0 Å². The Hall–Kier alpha value is -3.38. The molecule has 0 aliphatic carbocycles. The largest absolute Gasteiger partial charge is 0.487 e. The molecule has 3 rings (SSSR count). The third-order valence-electron chi connectivity index (χ3n) is 4.95. The summed E-state index contributed by atoms with van der Waals surface area (Å²) in [5, 5.41) is 3.73. The number of aryl methyl sites for hydroxylation is 1. The maximum absolute atomic E-state index is 13.3. The zero-order valence-electron chi connectivity index (χ0n) is 19.9. The van der Waals surface area contributed by atoms with Crippen molar-refractivity contribution < 1.29 is 32.1 Å². The molecule has 0 aliphatic heterocycles. The number of fused-ring (bicyclic) bond motifs is 1. The summed E-state index contributed by atoms with van der Waals surface area (Å²) < 4.78 is 61.5. The fourth-order valence-corrected chi connectivity index (χ4v) is 3.30. The van der Waals surface area contributed by atoms with Crippen LogP contribution in [0.4, 0.5) is 24.8 Å². The Morgan fingerprint density at radius 2 is 1.54 bits per heavy atom. The molecule has 9 nitrogen and oxygen atoms in total. The molecule has 0 fully saturated rings. The second-order valence-corrected chi connectivity index (χ2v) is 7.69. The van der Waals surface area contributed by atoms with Gasteiger partial charge in [-0.05, 0) is 32.0 Å². The molecule has 1 atom stereocenters. The predicted molar refractivity (Wildman–Crippen MR) is 125 cm³/mol. The first-order chi connectivity index (χ1) is 16.6. The minimum Gasteiger partial charge on any atom is -0.487 e. The van der Waals surface area contributed by atoms with Crippen LogP contribution >= 0.6 is 0 Å². The molecule has 3 aromatic rings. The smallest absolute Gasteiger partial charge is 0.416 e. The van der Waals surface area contributed by atoms with Gasteiger partial charge >= 0.3 is 6.18 Å². The summed E-state index contributed by atoms with van der Waals surface area (Å²) in [5.41, 5.74) is 5.45. The Balaban J connectivity index is 2.00. The highest BCUT2D eigenvalue weighted by atomic mass is 19.4. The van der Waals surface area contributed by atoms with Gasteiger partial charge in [0, 0.05) is 25.7 Å². The van der Waals surface area contributed by atoms with Crippen molar-refractivity contribution in [2.24, 2.45) is 0 Å². The van der Waals surface area contributed by atoms with Gasteiger partial charge in [0.25, 0.3) is 0 Å². The van der Waals surface area contributed by atoms with E-state index in [1.165, 1.54) is 0 Å². The first kappa shape index (κ1) is 26.2. The van der Waals surface area contributed by atoms with Crippen LogP contribution in [-0.4, -0.2) is 55.6 Å². The van der Waals surface area contributed by atoms with Gasteiger partial charge in [-0.3, -0.25) is 0 Å². The van der Waals surface area contributed by atoms with E-state index in [0.29, 0.717) is 53.9 Å². The quantitative estimate of drug-likeness (QED) is 0.379. The Morgan fingerprint density at radius 3 is 2.14 bits per heavy atom. The number of methoxy groups -OCH3 is 2. The number of hydrogen-bond donors (Lipinski definition) is 2. The standard InChI is InChI=1S/C23H28F3N5O4/c1-13(17-9-15(23(24,25)26)10-21(27)31-17)28-22-16-11-19(34-7-5-32-3)20(35-8-6-33-4)12-18(16)29-14(2)30-22/h9-13H,5-8H2,1-4H3,(H2,27,31)(H,28,29,30). The van der Waals surface area contributed by atoms with Gasteiger partial charge in [-0.25, -0.2) is 15.0 Å². The highest BCUT2D eigenvalue weighted by molar-refractivity contribution is 5.92. The molecular formula is C23H28F3N5O4. The summed E-state index contributed by atoms with van der Waals surface area (Å²) in [7, 11) is 3.14. The number of nitrogen functional groups attached to an aromatic ring is 1. The lowest BCUT2D eigenvalue weighted by atomic mass is 10.1. The molecule has 1 aromatic carbocycles. The molecular weight excluding hydrogens is 467 g/mol. The molecule has 0 bridgehead atoms. The van der Waals surface area contributed by atoms with E-state index in [-0.39, 0.29) is 18.1 Å². The summed E-state index contributed by atoms with van der Waals surface area (Å²) in [4.78, 5) is 13.0. The van der Waals surface area contributed by atoms with E-state index in [4.69, 9.17) is 24.7 Å². The number of benzene rings is 1. The number of anilines is 2. The van der Waals surface area contributed by atoms with Crippen LogP contribution in [0.5, 0.6) is 11.5 Å². The molecule has 2 heterocycles. The van der Waals surface area contributed by atoms with Crippen molar-refractivity contribution in [3.05, 3.63) is 41.3 Å². The molecule has 0 aliphatic rings. The van der Waals surface area contributed by atoms with Crippen LogP contribution < -0.4 is 20.5 Å². The summed E-state index contributed by atoms with van der Waals surface area (Å²) in [6, 6.07) is 4.56. The number of nitrogens with one attached hydrogen (secondary N) is 1. The number of pyridine rings is 1. The lowest BCUT2D eigenvalue weighted by molar-refractivity contribution is -0.137. The number of hydrogen-bond acceptors (Lipinski definition) is 9. The van der Waals surface area contributed by atoms with Crippen molar-refractivity contribution in [2.45, 2.75) is 26.1 Å². The van der Waals surface area contributed by atoms with Gasteiger partial charge in [-0.15, -0.1) is 0 Å². The second kappa shape index (κ2) is 11.4.